The van der Waals surface area contributed by atoms with Gasteiger partial charge in [-0.3, -0.25) is 9.67 Å². The van der Waals surface area contributed by atoms with Crippen LogP contribution in [-0.4, -0.2) is 37.8 Å². The van der Waals surface area contributed by atoms with Crippen LogP contribution in [0.3, 0.4) is 0 Å². The molecule has 7 nitrogen and oxygen atoms in total. The highest BCUT2D eigenvalue weighted by atomic mass is 35.5. The van der Waals surface area contributed by atoms with Crippen LogP contribution in [0.25, 0.3) is 22.3 Å². The summed E-state index contributed by atoms with van der Waals surface area (Å²) in [6.45, 7) is 1.93. The molecule has 0 saturated carbocycles. The molecule has 6 rings (SSSR count). The van der Waals surface area contributed by atoms with Crippen molar-refractivity contribution in [1.82, 2.24) is 24.7 Å². The number of piperidine rings is 1. The van der Waals surface area contributed by atoms with Crippen molar-refractivity contribution in [1.29, 1.82) is 0 Å². The van der Waals surface area contributed by atoms with Gasteiger partial charge in [0.05, 0.1) is 35.2 Å². The van der Waals surface area contributed by atoms with Gasteiger partial charge < -0.3 is 10.2 Å². The van der Waals surface area contributed by atoms with Gasteiger partial charge in [-0.2, -0.15) is 5.10 Å². The Balaban J connectivity index is 1.12. The van der Waals surface area contributed by atoms with Crippen LogP contribution in [0.2, 0.25) is 5.15 Å². The number of fused-ring (bicyclic) bond motifs is 1. The minimum Gasteiger partial charge on any atom is -0.371 e. The van der Waals surface area contributed by atoms with E-state index in [1.54, 1.807) is 6.07 Å². The van der Waals surface area contributed by atoms with Gasteiger partial charge in [-0.05, 0) is 55.3 Å². The van der Waals surface area contributed by atoms with Gasteiger partial charge in [0.2, 0.25) is 0 Å². The van der Waals surface area contributed by atoms with E-state index in [1.165, 1.54) is 5.69 Å². The van der Waals surface area contributed by atoms with Crippen molar-refractivity contribution in [3.63, 3.8) is 0 Å². The molecule has 35 heavy (non-hydrogen) atoms. The van der Waals surface area contributed by atoms with Crippen molar-refractivity contribution < 1.29 is 0 Å². The Kier molecular flexibility index (Phi) is 5.76. The molecule has 0 spiro atoms. The maximum absolute atomic E-state index is 6.01. The van der Waals surface area contributed by atoms with Crippen molar-refractivity contribution in [2.45, 2.75) is 18.9 Å². The second-order valence-electron chi connectivity index (χ2n) is 8.69. The molecule has 4 heterocycles. The summed E-state index contributed by atoms with van der Waals surface area (Å²) in [5.74, 6) is 0.735. The summed E-state index contributed by atoms with van der Waals surface area (Å²) < 4.78 is 2.09. The summed E-state index contributed by atoms with van der Waals surface area (Å²) in [5.41, 5.74) is 5.84. The zero-order valence-corrected chi connectivity index (χ0v) is 19.8. The van der Waals surface area contributed by atoms with E-state index in [9.17, 15) is 0 Å². The van der Waals surface area contributed by atoms with Crippen LogP contribution in [0, 0.1) is 0 Å². The lowest BCUT2D eigenvalue weighted by Crippen LogP contribution is -2.34. The second-order valence-corrected chi connectivity index (χ2v) is 9.08. The first kappa shape index (κ1) is 21.6. The summed E-state index contributed by atoms with van der Waals surface area (Å²) in [6, 6.07) is 22.3. The van der Waals surface area contributed by atoms with Gasteiger partial charge in [0.25, 0.3) is 0 Å². The van der Waals surface area contributed by atoms with E-state index in [1.807, 2.05) is 54.9 Å². The monoisotopic (exact) mass is 481 g/mol. The van der Waals surface area contributed by atoms with E-state index in [0.29, 0.717) is 11.2 Å². The largest absolute Gasteiger partial charge is 0.371 e. The molecule has 1 saturated heterocycles. The number of hydrogen-bond acceptors (Lipinski definition) is 6. The summed E-state index contributed by atoms with van der Waals surface area (Å²) in [4.78, 5) is 16.0. The van der Waals surface area contributed by atoms with Crippen LogP contribution in [0.15, 0.2) is 85.3 Å². The number of rotatable bonds is 5. The third kappa shape index (κ3) is 4.68. The minimum atomic E-state index is 0.366. The molecule has 5 aromatic rings. The number of pyridine rings is 1. The van der Waals surface area contributed by atoms with Crippen LogP contribution in [0.5, 0.6) is 0 Å². The highest BCUT2D eigenvalue weighted by Crippen LogP contribution is 2.30. The minimum absolute atomic E-state index is 0.366. The SMILES string of the molecule is Clc1cccc(Nc2cccc(N3CCC(n4cc(-c5cnc6ccccc6n5)cn4)CC3)c2)n1. The van der Waals surface area contributed by atoms with Crippen LogP contribution < -0.4 is 10.2 Å². The Morgan fingerprint density at radius 2 is 1.69 bits per heavy atom. The molecule has 1 aliphatic heterocycles. The van der Waals surface area contributed by atoms with E-state index < -0.39 is 0 Å². The highest BCUT2D eigenvalue weighted by molar-refractivity contribution is 6.29. The van der Waals surface area contributed by atoms with E-state index in [-0.39, 0.29) is 0 Å². The molecule has 0 radical (unpaired) electrons. The number of hydrogen-bond donors (Lipinski definition) is 1. The van der Waals surface area contributed by atoms with Gasteiger partial charge in [-0.25, -0.2) is 9.97 Å². The third-order valence-electron chi connectivity index (χ3n) is 6.38. The van der Waals surface area contributed by atoms with Gasteiger partial charge >= 0.3 is 0 Å². The van der Waals surface area contributed by atoms with Gasteiger partial charge in [0, 0.05) is 36.2 Å². The number of nitrogens with one attached hydrogen (secondary N) is 1. The molecule has 174 valence electrons. The molecule has 0 bridgehead atoms. The normalized spacial score (nSPS) is 14.4. The number of halogens is 1. The Morgan fingerprint density at radius 3 is 2.54 bits per heavy atom. The van der Waals surface area contributed by atoms with Gasteiger partial charge in [0.1, 0.15) is 11.0 Å². The molecular weight excluding hydrogens is 458 g/mol. The maximum Gasteiger partial charge on any atom is 0.132 e. The number of aromatic nitrogens is 5. The van der Waals surface area contributed by atoms with E-state index in [4.69, 9.17) is 16.6 Å². The zero-order valence-electron chi connectivity index (χ0n) is 19.0. The molecular formula is C27H24ClN7. The molecule has 0 unspecified atom stereocenters. The highest BCUT2D eigenvalue weighted by Gasteiger charge is 2.22. The van der Waals surface area contributed by atoms with Gasteiger partial charge in [0.15, 0.2) is 0 Å². The first-order chi connectivity index (χ1) is 17.2. The summed E-state index contributed by atoms with van der Waals surface area (Å²) >= 11 is 6.01. The first-order valence-electron chi connectivity index (χ1n) is 11.7. The number of para-hydroxylation sites is 2. The molecule has 1 N–H and O–H groups in total. The van der Waals surface area contributed by atoms with Crippen molar-refractivity contribution in [3.8, 4) is 11.3 Å². The van der Waals surface area contributed by atoms with Crippen molar-refractivity contribution in [3.05, 3.63) is 90.5 Å². The Labute approximate surface area is 208 Å². The first-order valence-corrected chi connectivity index (χ1v) is 12.1. The number of benzene rings is 2. The fourth-order valence-corrected chi connectivity index (χ4v) is 4.72. The fraction of sp³-hybridized carbons (Fsp3) is 0.185. The Hall–Kier alpha value is -3.97. The van der Waals surface area contributed by atoms with E-state index in [0.717, 1.165) is 59.7 Å². The average Bonchev–Trinajstić information content (AvgIpc) is 3.39. The van der Waals surface area contributed by atoms with Crippen molar-refractivity contribution in [2.24, 2.45) is 0 Å². The lowest BCUT2D eigenvalue weighted by molar-refractivity contribution is 0.367. The standard InChI is InChI=1S/C27H24ClN7/c28-26-9-4-10-27(33-26)31-20-5-3-6-22(15-20)34-13-11-21(12-14-34)35-18-19(16-30-35)25-17-29-23-7-1-2-8-24(23)32-25/h1-10,15-18,21H,11-14H2,(H,31,33). The predicted molar refractivity (Wildman–Crippen MR) is 140 cm³/mol. The molecule has 1 fully saturated rings. The number of anilines is 3. The summed E-state index contributed by atoms with van der Waals surface area (Å²) in [5, 5.41) is 8.48. The van der Waals surface area contributed by atoms with Crippen molar-refractivity contribution >= 4 is 39.8 Å². The molecule has 2 aromatic carbocycles. The predicted octanol–water partition coefficient (Wildman–Crippen LogP) is 6.13. The summed E-state index contributed by atoms with van der Waals surface area (Å²) in [6.07, 6.45) is 7.87. The molecule has 0 aliphatic carbocycles. The Bertz CT molecular complexity index is 1470. The molecule has 3 aromatic heterocycles. The van der Waals surface area contributed by atoms with Crippen LogP contribution in [-0.2, 0) is 0 Å². The average molecular weight is 482 g/mol. The topological polar surface area (TPSA) is 71.8 Å². The fourth-order valence-electron chi connectivity index (χ4n) is 4.56. The lowest BCUT2D eigenvalue weighted by atomic mass is 10.0. The quantitative estimate of drug-likeness (QED) is 0.304. The zero-order chi connectivity index (χ0) is 23.6. The molecule has 1 aliphatic rings. The van der Waals surface area contributed by atoms with E-state index >= 15 is 0 Å². The second kappa shape index (κ2) is 9.35. The maximum atomic E-state index is 6.01. The van der Waals surface area contributed by atoms with Gasteiger partial charge in [-0.15, -0.1) is 0 Å². The molecule has 8 heteroatoms. The van der Waals surface area contributed by atoms with Crippen LogP contribution in [0.1, 0.15) is 18.9 Å². The lowest BCUT2D eigenvalue weighted by Gasteiger charge is -2.34. The van der Waals surface area contributed by atoms with Crippen molar-refractivity contribution in [2.75, 3.05) is 23.3 Å². The van der Waals surface area contributed by atoms with E-state index in [2.05, 4.69) is 54.4 Å². The third-order valence-corrected chi connectivity index (χ3v) is 6.59. The molecule has 0 atom stereocenters. The Morgan fingerprint density at radius 1 is 0.857 bits per heavy atom. The molecule has 0 amide bonds. The van der Waals surface area contributed by atoms with Gasteiger partial charge in [-0.1, -0.05) is 35.9 Å². The summed E-state index contributed by atoms with van der Waals surface area (Å²) in [7, 11) is 0. The number of nitrogens with zero attached hydrogens (tertiary/aromatic N) is 6. The van der Waals surface area contributed by atoms with Crippen LogP contribution in [0.4, 0.5) is 17.2 Å². The van der Waals surface area contributed by atoms with Crippen LogP contribution >= 0.6 is 11.6 Å². The smallest absolute Gasteiger partial charge is 0.132 e.